The van der Waals surface area contributed by atoms with Crippen LogP contribution < -0.4 is 14.4 Å². The molecular formula is C27H34ClFN4O5. The van der Waals surface area contributed by atoms with Gasteiger partial charge in [-0.05, 0) is 31.2 Å². The number of hydrogen-bond acceptors (Lipinski definition) is 7. The molecule has 2 aromatic carbocycles. The van der Waals surface area contributed by atoms with E-state index in [0.29, 0.717) is 61.8 Å². The lowest BCUT2D eigenvalue weighted by molar-refractivity contribution is -0.385. The van der Waals surface area contributed by atoms with Crippen molar-refractivity contribution in [1.29, 1.82) is 0 Å². The highest BCUT2D eigenvalue weighted by molar-refractivity contribution is 6.31. The Hall–Kier alpha value is -3.11. The third-order valence-electron chi connectivity index (χ3n) is 7.08. The van der Waals surface area contributed by atoms with Crippen LogP contribution in [0.3, 0.4) is 0 Å². The summed E-state index contributed by atoms with van der Waals surface area (Å²) >= 11 is 6.03. The second-order valence-electron chi connectivity index (χ2n) is 9.51. The van der Waals surface area contributed by atoms with Crippen LogP contribution >= 0.6 is 11.6 Å². The molecule has 2 saturated heterocycles. The summed E-state index contributed by atoms with van der Waals surface area (Å²) in [7, 11) is 0. The smallest absolute Gasteiger partial charge is 0.311 e. The average Bonchev–Trinajstić information content (AvgIpc) is 2.93. The summed E-state index contributed by atoms with van der Waals surface area (Å²) in [5.41, 5.74) is 1.40. The van der Waals surface area contributed by atoms with E-state index in [1.165, 1.54) is 6.07 Å². The van der Waals surface area contributed by atoms with Crippen LogP contribution in [-0.4, -0.2) is 79.2 Å². The number of rotatable bonds is 10. The molecule has 2 aromatic rings. The van der Waals surface area contributed by atoms with Crippen molar-refractivity contribution >= 4 is 28.9 Å². The number of likely N-dealkylation sites (tertiary alicyclic amines) is 1. The molecule has 206 valence electrons. The number of anilines is 1. The van der Waals surface area contributed by atoms with Crippen LogP contribution in [0.5, 0.6) is 11.5 Å². The first-order valence-corrected chi connectivity index (χ1v) is 13.4. The number of benzene rings is 2. The van der Waals surface area contributed by atoms with E-state index in [2.05, 4.69) is 9.80 Å². The van der Waals surface area contributed by atoms with Crippen molar-refractivity contribution in [3.63, 3.8) is 0 Å². The topological polar surface area (TPSA) is 88.4 Å². The minimum atomic E-state index is -0.579. The van der Waals surface area contributed by atoms with Crippen LogP contribution in [0.15, 0.2) is 36.4 Å². The predicted molar refractivity (Wildman–Crippen MR) is 144 cm³/mol. The van der Waals surface area contributed by atoms with Crippen LogP contribution in [0.25, 0.3) is 0 Å². The molecule has 9 nitrogen and oxygen atoms in total. The van der Waals surface area contributed by atoms with Gasteiger partial charge in [0.05, 0.1) is 11.5 Å². The van der Waals surface area contributed by atoms with Crippen molar-refractivity contribution < 1.29 is 23.6 Å². The normalized spacial score (nSPS) is 16.9. The number of alkyl halides is 1. The number of carbonyl (C=O) groups excluding carboxylic acids is 1. The van der Waals surface area contributed by atoms with Gasteiger partial charge in [0.15, 0.2) is 0 Å². The molecule has 0 N–H and O–H groups in total. The molecule has 4 rings (SSSR count). The fraction of sp³-hybridized carbons (Fsp3) is 0.519. The zero-order valence-electron chi connectivity index (χ0n) is 21.6. The number of piperazine rings is 1. The number of amides is 1. The van der Waals surface area contributed by atoms with Crippen molar-refractivity contribution in [3.8, 4) is 11.5 Å². The number of piperidine rings is 1. The number of hydrogen-bond donors (Lipinski definition) is 0. The maximum Gasteiger partial charge on any atom is 0.311 e. The van der Waals surface area contributed by atoms with Crippen molar-refractivity contribution in [1.82, 2.24) is 9.80 Å². The second-order valence-corrected chi connectivity index (χ2v) is 9.91. The Morgan fingerprint density at radius 3 is 2.50 bits per heavy atom. The molecule has 2 aliphatic heterocycles. The van der Waals surface area contributed by atoms with E-state index in [1.54, 1.807) is 25.1 Å². The monoisotopic (exact) mass is 548 g/mol. The summed E-state index contributed by atoms with van der Waals surface area (Å²) in [4.78, 5) is 30.0. The lowest BCUT2D eigenvalue weighted by atomic mass is 10.1. The Labute approximate surface area is 227 Å². The molecular weight excluding hydrogens is 515 g/mol. The lowest BCUT2D eigenvalue weighted by Gasteiger charge is -2.37. The van der Waals surface area contributed by atoms with Gasteiger partial charge in [0.1, 0.15) is 18.5 Å². The van der Waals surface area contributed by atoms with E-state index in [0.717, 1.165) is 31.9 Å². The Balaban J connectivity index is 1.19. The standard InChI is InChI=1S/C27H34ClFN4O5/c1-2-37-26-18-23(4-6-25(26)33(35)36)38-22-7-11-32(12-8-22)27(34)9-10-30-13-15-31(16-14-30)21-3-5-24(28)20(17-21)19-29/h3-6,17-18,22H,2,7-16,19H2,1H3. The van der Waals surface area contributed by atoms with E-state index < -0.39 is 11.6 Å². The SMILES string of the molecule is CCOc1cc(OC2CCN(C(=O)CCN3CCN(c4ccc(Cl)c(CF)c4)CC3)CC2)ccc1[N+](=O)[O-]. The van der Waals surface area contributed by atoms with Crippen LogP contribution in [0.2, 0.25) is 5.02 Å². The number of halogens is 2. The third-order valence-corrected chi connectivity index (χ3v) is 7.45. The fourth-order valence-electron chi connectivity index (χ4n) is 4.91. The second kappa shape index (κ2) is 13.1. The van der Waals surface area contributed by atoms with Crippen molar-refractivity contribution in [2.45, 2.75) is 39.0 Å². The summed E-state index contributed by atoms with van der Waals surface area (Å²) in [5, 5.41) is 11.6. The quantitative estimate of drug-likeness (QED) is 0.314. The maximum absolute atomic E-state index is 13.1. The molecule has 1 amide bonds. The summed E-state index contributed by atoms with van der Waals surface area (Å²) < 4.78 is 24.6. The first-order valence-electron chi connectivity index (χ1n) is 13.0. The fourth-order valence-corrected chi connectivity index (χ4v) is 5.08. The first kappa shape index (κ1) is 27.9. The molecule has 0 spiro atoms. The van der Waals surface area contributed by atoms with Gasteiger partial charge in [-0.2, -0.15) is 0 Å². The Kier molecular flexibility index (Phi) is 9.63. The van der Waals surface area contributed by atoms with Gasteiger partial charge in [-0.1, -0.05) is 11.6 Å². The minimum Gasteiger partial charge on any atom is -0.490 e. The van der Waals surface area contributed by atoms with Crippen molar-refractivity contribution in [2.24, 2.45) is 0 Å². The molecule has 0 bridgehead atoms. The van der Waals surface area contributed by atoms with Gasteiger partial charge in [0, 0.05) is 93.5 Å². The highest BCUT2D eigenvalue weighted by Crippen LogP contribution is 2.32. The molecule has 2 fully saturated rings. The molecule has 38 heavy (non-hydrogen) atoms. The molecule has 0 aliphatic carbocycles. The summed E-state index contributed by atoms with van der Waals surface area (Å²) in [5.74, 6) is 0.869. The molecule has 2 heterocycles. The van der Waals surface area contributed by atoms with Crippen LogP contribution in [0.1, 0.15) is 31.7 Å². The van der Waals surface area contributed by atoms with Gasteiger partial charge >= 0.3 is 5.69 Å². The Morgan fingerprint density at radius 1 is 1.11 bits per heavy atom. The average molecular weight is 549 g/mol. The number of nitrogens with zero attached hydrogens (tertiary/aromatic N) is 4. The minimum absolute atomic E-state index is 0.0613. The molecule has 0 aromatic heterocycles. The molecule has 0 unspecified atom stereocenters. The summed E-state index contributed by atoms with van der Waals surface area (Å²) in [6, 6.07) is 10.0. The summed E-state index contributed by atoms with van der Waals surface area (Å²) in [6.45, 7) is 6.79. The first-order chi connectivity index (χ1) is 18.4. The van der Waals surface area contributed by atoms with E-state index in [4.69, 9.17) is 21.1 Å². The molecule has 0 atom stereocenters. The number of nitro benzene ring substituents is 1. The Morgan fingerprint density at radius 2 is 1.84 bits per heavy atom. The highest BCUT2D eigenvalue weighted by Gasteiger charge is 2.26. The molecule has 11 heteroatoms. The number of nitro groups is 1. The third kappa shape index (κ3) is 7.05. The maximum atomic E-state index is 13.1. The molecule has 0 saturated carbocycles. The van der Waals surface area contributed by atoms with Gasteiger partial charge in [-0.15, -0.1) is 0 Å². The van der Waals surface area contributed by atoms with Gasteiger partial charge in [-0.25, -0.2) is 4.39 Å². The van der Waals surface area contributed by atoms with E-state index in [9.17, 15) is 19.3 Å². The largest absolute Gasteiger partial charge is 0.490 e. The van der Waals surface area contributed by atoms with Gasteiger partial charge in [-0.3, -0.25) is 19.8 Å². The number of carbonyl (C=O) groups is 1. The van der Waals surface area contributed by atoms with Gasteiger partial charge < -0.3 is 19.3 Å². The molecule has 2 aliphatic rings. The van der Waals surface area contributed by atoms with Crippen LogP contribution in [0, 0.1) is 10.1 Å². The van der Waals surface area contributed by atoms with Crippen LogP contribution in [0.4, 0.5) is 15.8 Å². The van der Waals surface area contributed by atoms with E-state index in [1.807, 2.05) is 17.0 Å². The van der Waals surface area contributed by atoms with E-state index in [-0.39, 0.29) is 23.4 Å². The predicted octanol–water partition coefficient (Wildman–Crippen LogP) is 4.70. The van der Waals surface area contributed by atoms with Crippen molar-refractivity contribution in [3.05, 3.63) is 57.1 Å². The van der Waals surface area contributed by atoms with Gasteiger partial charge in [0.2, 0.25) is 11.7 Å². The van der Waals surface area contributed by atoms with Crippen LogP contribution in [-0.2, 0) is 11.5 Å². The zero-order chi connectivity index (χ0) is 27.1. The van der Waals surface area contributed by atoms with Crippen molar-refractivity contribution in [2.75, 3.05) is 57.3 Å². The van der Waals surface area contributed by atoms with E-state index >= 15 is 0 Å². The summed E-state index contributed by atoms with van der Waals surface area (Å²) in [6.07, 6.45) is 1.81. The highest BCUT2D eigenvalue weighted by atomic mass is 35.5. The zero-order valence-corrected chi connectivity index (χ0v) is 22.4. The van der Waals surface area contributed by atoms with Gasteiger partial charge in [0.25, 0.3) is 0 Å². The Bertz CT molecular complexity index is 1120. The number of ether oxygens (including phenoxy) is 2. The lowest BCUT2D eigenvalue weighted by Crippen LogP contribution is -2.48. The molecule has 0 radical (unpaired) electrons.